The molecule has 0 aliphatic carbocycles. The predicted octanol–water partition coefficient (Wildman–Crippen LogP) is 3.42. The summed E-state index contributed by atoms with van der Waals surface area (Å²) in [6.07, 6.45) is -3.89. The Morgan fingerprint density at radius 3 is 2.30 bits per heavy atom. The molecule has 2 atom stereocenters. The van der Waals surface area contributed by atoms with Gasteiger partial charge in [0.05, 0.1) is 17.2 Å². The van der Waals surface area contributed by atoms with Crippen molar-refractivity contribution in [3.8, 4) is 0 Å². The molecule has 114 valence electrons. The quantitative estimate of drug-likeness (QED) is 0.623. The van der Waals surface area contributed by atoms with Crippen molar-refractivity contribution in [1.29, 1.82) is 0 Å². The van der Waals surface area contributed by atoms with Crippen LogP contribution in [-0.2, 0) is 10.9 Å². The van der Waals surface area contributed by atoms with Crippen molar-refractivity contribution in [1.82, 2.24) is 5.43 Å². The zero-order valence-corrected chi connectivity index (χ0v) is 11.9. The average Bonchev–Trinajstić information content (AvgIpc) is 2.39. The van der Waals surface area contributed by atoms with Crippen molar-refractivity contribution in [3.05, 3.63) is 35.4 Å². The van der Waals surface area contributed by atoms with E-state index in [1.165, 1.54) is 12.1 Å². The van der Waals surface area contributed by atoms with Gasteiger partial charge in [0.15, 0.2) is 0 Å². The van der Waals surface area contributed by atoms with Crippen LogP contribution in [0.1, 0.15) is 44.4 Å². The van der Waals surface area contributed by atoms with Crippen LogP contribution in [0.5, 0.6) is 0 Å². The number of halogens is 3. The van der Waals surface area contributed by atoms with E-state index in [0.29, 0.717) is 13.0 Å². The molecule has 1 aromatic rings. The third kappa shape index (κ3) is 3.50. The Balaban J connectivity index is 3.32. The Morgan fingerprint density at radius 1 is 1.25 bits per heavy atom. The predicted molar refractivity (Wildman–Crippen MR) is 71.8 cm³/mol. The lowest BCUT2D eigenvalue weighted by molar-refractivity contribution is -0.139. The molecular formula is C14H21F3N2O. The highest BCUT2D eigenvalue weighted by molar-refractivity contribution is 5.34. The Morgan fingerprint density at radius 2 is 1.85 bits per heavy atom. The SMILES string of the molecule is CCOC(C)(CC)C(NN)c1ccccc1C(F)(F)F. The summed E-state index contributed by atoms with van der Waals surface area (Å²) in [7, 11) is 0. The van der Waals surface area contributed by atoms with Gasteiger partial charge in [-0.05, 0) is 31.9 Å². The van der Waals surface area contributed by atoms with Gasteiger partial charge in [-0.3, -0.25) is 11.3 Å². The van der Waals surface area contributed by atoms with Crippen molar-refractivity contribution >= 4 is 0 Å². The van der Waals surface area contributed by atoms with Gasteiger partial charge in [-0.25, -0.2) is 0 Å². The summed E-state index contributed by atoms with van der Waals surface area (Å²) in [5.41, 5.74) is 1.07. The van der Waals surface area contributed by atoms with Gasteiger partial charge in [-0.2, -0.15) is 13.2 Å². The minimum Gasteiger partial charge on any atom is -0.374 e. The van der Waals surface area contributed by atoms with Crippen molar-refractivity contribution in [2.24, 2.45) is 5.84 Å². The second-order valence-corrected chi connectivity index (χ2v) is 4.78. The lowest BCUT2D eigenvalue weighted by Crippen LogP contribution is -2.47. The maximum atomic E-state index is 13.1. The normalized spacial score (nSPS) is 16.8. The monoisotopic (exact) mass is 290 g/mol. The number of hydrogen-bond donors (Lipinski definition) is 2. The largest absolute Gasteiger partial charge is 0.416 e. The van der Waals surface area contributed by atoms with Gasteiger partial charge in [0.25, 0.3) is 0 Å². The molecule has 1 rings (SSSR count). The van der Waals surface area contributed by atoms with E-state index in [4.69, 9.17) is 10.6 Å². The van der Waals surface area contributed by atoms with Gasteiger partial charge in [-0.15, -0.1) is 0 Å². The fourth-order valence-electron chi connectivity index (χ4n) is 2.32. The van der Waals surface area contributed by atoms with Crippen LogP contribution in [0.3, 0.4) is 0 Å². The maximum absolute atomic E-state index is 13.1. The molecule has 0 amide bonds. The number of nitrogens with two attached hydrogens (primary N) is 1. The van der Waals surface area contributed by atoms with Gasteiger partial charge in [0, 0.05) is 6.61 Å². The molecule has 0 aliphatic heterocycles. The molecule has 0 aromatic heterocycles. The summed E-state index contributed by atoms with van der Waals surface area (Å²) in [4.78, 5) is 0. The molecule has 0 saturated heterocycles. The van der Waals surface area contributed by atoms with Gasteiger partial charge in [0.2, 0.25) is 0 Å². The number of rotatable bonds is 6. The van der Waals surface area contributed by atoms with Gasteiger partial charge < -0.3 is 4.74 Å². The average molecular weight is 290 g/mol. The zero-order valence-electron chi connectivity index (χ0n) is 11.9. The molecular weight excluding hydrogens is 269 g/mol. The van der Waals surface area contributed by atoms with Crippen molar-refractivity contribution in [3.63, 3.8) is 0 Å². The standard InChI is InChI=1S/C14H21F3N2O/c1-4-13(3,20-5-2)12(19-18)10-8-6-7-9-11(10)14(15,16)17/h6-9,12,19H,4-5,18H2,1-3H3. The van der Waals surface area contributed by atoms with Crippen LogP contribution < -0.4 is 11.3 Å². The van der Waals surface area contributed by atoms with E-state index in [2.05, 4.69) is 5.43 Å². The highest BCUT2D eigenvalue weighted by Crippen LogP contribution is 2.39. The molecule has 2 unspecified atom stereocenters. The molecule has 0 radical (unpaired) electrons. The van der Waals surface area contributed by atoms with E-state index < -0.39 is 23.4 Å². The second kappa shape index (κ2) is 6.56. The molecule has 20 heavy (non-hydrogen) atoms. The topological polar surface area (TPSA) is 47.3 Å². The number of hydrogen-bond acceptors (Lipinski definition) is 3. The second-order valence-electron chi connectivity index (χ2n) is 4.78. The molecule has 0 spiro atoms. The van der Waals surface area contributed by atoms with Crippen LogP contribution >= 0.6 is 0 Å². The van der Waals surface area contributed by atoms with E-state index in [0.717, 1.165) is 6.07 Å². The summed E-state index contributed by atoms with van der Waals surface area (Å²) < 4.78 is 45.0. The van der Waals surface area contributed by atoms with Crippen molar-refractivity contribution in [2.75, 3.05) is 6.61 Å². The van der Waals surface area contributed by atoms with Crippen LogP contribution in [0.4, 0.5) is 13.2 Å². The van der Waals surface area contributed by atoms with E-state index in [1.807, 2.05) is 6.92 Å². The van der Waals surface area contributed by atoms with E-state index in [1.54, 1.807) is 19.9 Å². The third-order valence-corrected chi connectivity index (χ3v) is 3.53. The van der Waals surface area contributed by atoms with Gasteiger partial charge in [-0.1, -0.05) is 25.1 Å². The summed E-state index contributed by atoms with van der Waals surface area (Å²) in [6.45, 7) is 5.82. The first-order chi connectivity index (χ1) is 9.30. The molecule has 6 heteroatoms. The number of nitrogens with one attached hydrogen (secondary N) is 1. The molecule has 3 N–H and O–H groups in total. The van der Waals surface area contributed by atoms with E-state index >= 15 is 0 Å². The minimum absolute atomic E-state index is 0.0975. The van der Waals surface area contributed by atoms with E-state index in [9.17, 15) is 13.2 Å². The first-order valence-corrected chi connectivity index (χ1v) is 6.56. The summed E-state index contributed by atoms with van der Waals surface area (Å²) in [5, 5.41) is 0. The first kappa shape index (κ1) is 16.9. The summed E-state index contributed by atoms with van der Waals surface area (Å²) >= 11 is 0. The van der Waals surface area contributed by atoms with Crippen LogP contribution in [0, 0.1) is 0 Å². The smallest absolute Gasteiger partial charge is 0.374 e. The van der Waals surface area contributed by atoms with Gasteiger partial charge >= 0.3 is 6.18 Å². The maximum Gasteiger partial charge on any atom is 0.416 e. The molecule has 0 heterocycles. The Hall–Kier alpha value is -1.11. The number of ether oxygens (including phenoxy) is 1. The molecule has 0 bridgehead atoms. The van der Waals surface area contributed by atoms with Gasteiger partial charge in [0.1, 0.15) is 0 Å². The fourth-order valence-corrected chi connectivity index (χ4v) is 2.32. The van der Waals surface area contributed by atoms with Crippen molar-refractivity contribution in [2.45, 2.75) is 45.0 Å². The first-order valence-electron chi connectivity index (χ1n) is 6.56. The highest BCUT2D eigenvalue weighted by atomic mass is 19.4. The van der Waals surface area contributed by atoms with Crippen molar-refractivity contribution < 1.29 is 17.9 Å². The third-order valence-electron chi connectivity index (χ3n) is 3.53. The number of alkyl halides is 3. The lowest BCUT2D eigenvalue weighted by atomic mass is 9.85. The molecule has 3 nitrogen and oxygen atoms in total. The fraction of sp³-hybridized carbons (Fsp3) is 0.571. The molecule has 0 fully saturated rings. The zero-order chi connectivity index (χ0) is 15.4. The van der Waals surface area contributed by atoms with E-state index in [-0.39, 0.29) is 5.56 Å². The highest BCUT2D eigenvalue weighted by Gasteiger charge is 2.40. The molecule has 0 aliphatic rings. The van der Waals surface area contributed by atoms with Crippen LogP contribution in [0.15, 0.2) is 24.3 Å². The van der Waals surface area contributed by atoms with Crippen LogP contribution in [0.2, 0.25) is 0 Å². The lowest BCUT2D eigenvalue weighted by Gasteiger charge is -2.37. The molecule has 1 aromatic carbocycles. The number of hydrazine groups is 1. The number of benzene rings is 1. The Labute approximate surface area is 117 Å². The summed E-state index contributed by atoms with van der Waals surface area (Å²) in [5.74, 6) is 5.51. The minimum atomic E-state index is -4.42. The molecule has 0 saturated carbocycles. The van der Waals surface area contributed by atoms with Crippen LogP contribution in [0.25, 0.3) is 0 Å². The Kier molecular flexibility index (Phi) is 5.56. The Bertz CT molecular complexity index is 437. The van der Waals surface area contributed by atoms with Crippen LogP contribution in [-0.4, -0.2) is 12.2 Å². The summed E-state index contributed by atoms with van der Waals surface area (Å²) in [6, 6.07) is 4.67.